The molecule has 0 spiro atoms. The maximum absolute atomic E-state index is 12.1. The molecule has 0 atom stereocenters. The van der Waals surface area contributed by atoms with Gasteiger partial charge in [0.1, 0.15) is 4.88 Å². The molecule has 88 valence electrons. The normalized spacial score (nSPS) is 10.3. The minimum atomic E-state index is -0.0938. The molecule has 0 saturated heterocycles. The molecule has 0 aliphatic rings. The summed E-state index contributed by atoms with van der Waals surface area (Å²) in [6, 6.07) is 9.04. The molecule has 5 heteroatoms. The lowest BCUT2D eigenvalue weighted by Crippen LogP contribution is -2.25. The number of carbonyl (C=O) groups is 1. The lowest BCUT2D eigenvalue weighted by Gasteiger charge is -2.17. The van der Waals surface area contributed by atoms with Crippen LogP contribution in [-0.2, 0) is 0 Å². The molecule has 0 radical (unpaired) electrons. The molecule has 0 aliphatic heterocycles. The number of para-hydroxylation sites is 1. The van der Waals surface area contributed by atoms with E-state index in [1.54, 1.807) is 19.2 Å². The van der Waals surface area contributed by atoms with E-state index >= 15 is 0 Å². The van der Waals surface area contributed by atoms with E-state index in [1.165, 1.54) is 16.4 Å². The number of benzene rings is 1. The van der Waals surface area contributed by atoms with E-state index in [-0.39, 0.29) is 5.91 Å². The number of hydrogen-bond donors (Lipinski definition) is 0. The Morgan fingerprint density at radius 3 is 2.71 bits per heavy atom. The average Bonchev–Trinajstić information content (AvgIpc) is 2.75. The van der Waals surface area contributed by atoms with Gasteiger partial charge in [0, 0.05) is 7.05 Å². The van der Waals surface area contributed by atoms with Crippen molar-refractivity contribution < 1.29 is 4.79 Å². The molecule has 0 unspecified atom stereocenters. The van der Waals surface area contributed by atoms with Crippen molar-refractivity contribution in [2.45, 2.75) is 6.92 Å². The Balaban J connectivity index is 2.29. The number of halogens is 1. The maximum atomic E-state index is 12.1. The molecule has 1 amide bonds. The minimum absolute atomic E-state index is 0.0938. The Bertz CT molecular complexity index is 553. The van der Waals surface area contributed by atoms with Crippen LogP contribution in [0.5, 0.6) is 0 Å². The number of hydrogen-bond acceptors (Lipinski definition) is 3. The Morgan fingerprint density at radius 1 is 1.41 bits per heavy atom. The van der Waals surface area contributed by atoms with Crippen LogP contribution in [0, 0.1) is 6.92 Å². The SMILES string of the molecule is Cc1cc(C(=O)N(C)c2ccccc2Cl)sn1. The first kappa shape index (κ1) is 12.1. The third-order valence-electron chi connectivity index (χ3n) is 2.36. The zero-order valence-corrected chi connectivity index (χ0v) is 11.0. The fourth-order valence-electron chi connectivity index (χ4n) is 1.46. The number of carbonyl (C=O) groups excluding carboxylic acids is 1. The van der Waals surface area contributed by atoms with E-state index < -0.39 is 0 Å². The maximum Gasteiger partial charge on any atom is 0.269 e. The number of nitrogens with zero attached hydrogens (tertiary/aromatic N) is 2. The zero-order chi connectivity index (χ0) is 12.4. The largest absolute Gasteiger partial charge is 0.309 e. The van der Waals surface area contributed by atoms with Crippen molar-refractivity contribution in [3.05, 3.63) is 45.9 Å². The molecular weight excluding hydrogens is 256 g/mol. The van der Waals surface area contributed by atoms with Gasteiger partial charge in [-0.25, -0.2) is 0 Å². The molecule has 1 aromatic carbocycles. The summed E-state index contributed by atoms with van der Waals surface area (Å²) < 4.78 is 4.10. The van der Waals surface area contributed by atoms with Gasteiger partial charge >= 0.3 is 0 Å². The summed E-state index contributed by atoms with van der Waals surface area (Å²) >= 11 is 7.25. The lowest BCUT2D eigenvalue weighted by atomic mass is 10.3. The molecule has 17 heavy (non-hydrogen) atoms. The van der Waals surface area contributed by atoms with Crippen molar-refractivity contribution in [1.82, 2.24) is 4.37 Å². The Kier molecular flexibility index (Phi) is 3.45. The first-order valence-corrected chi connectivity index (χ1v) is 6.20. The van der Waals surface area contributed by atoms with Crippen LogP contribution in [-0.4, -0.2) is 17.3 Å². The van der Waals surface area contributed by atoms with Gasteiger partial charge in [-0.1, -0.05) is 23.7 Å². The third-order valence-corrected chi connectivity index (χ3v) is 3.55. The van der Waals surface area contributed by atoms with Crippen molar-refractivity contribution in [3.8, 4) is 0 Å². The van der Waals surface area contributed by atoms with Gasteiger partial charge in [0.05, 0.1) is 16.4 Å². The second-order valence-electron chi connectivity index (χ2n) is 3.65. The zero-order valence-electron chi connectivity index (χ0n) is 9.48. The van der Waals surface area contributed by atoms with Gasteiger partial charge in [-0.3, -0.25) is 4.79 Å². The summed E-state index contributed by atoms with van der Waals surface area (Å²) in [5, 5.41) is 0.560. The van der Waals surface area contributed by atoms with E-state index in [1.807, 2.05) is 25.1 Å². The van der Waals surface area contributed by atoms with Crippen molar-refractivity contribution in [2.24, 2.45) is 0 Å². The summed E-state index contributed by atoms with van der Waals surface area (Å²) in [5.41, 5.74) is 1.55. The van der Waals surface area contributed by atoms with Gasteiger partial charge < -0.3 is 4.90 Å². The lowest BCUT2D eigenvalue weighted by molar-refractivity contribution is 0.0997. The summed E-state index contributed by atoms with van der Waals surface area (Å²) in [5.74, 6) is -0.0938. The standard InChI is InChI=1S/C12H11ClN2OS/c1-8-7-11(17-14-8)12(16)15(2)10-6-4-3-5-9(10)13/h3-7H,1-2H3. The van der Waals surface area contributed by atoms with E-state index in [0.29, 0.717) is 15.6 Å². The molecule has 2 rings (SSSR count). The predicted octanol–water partition coefficient (Wildman–Crippen LogP) is 3.38. The highest BCUT2D eigenvalue weighted by atomic mass is 35.5. The Morgan fingerprint density at radius 2 is 2.12 bits per heavy atom. The Hall–Kier alpha value is -1.39. The van der Waals surface area contributed by atoms with Crippen LogP contribution in [0.3, 0.4) is 0 Å². The minimum Gasteiger partial charge on any atom is -0.309 e. The molecule has 0 N–H and O–H groups in total. The van der Waals surface area contributed by atoms with Gasteiger partial charge in [0.2, 0.25) is 0 Å². The molecule has 0 fully saturated rings. The number of anilines is 1. The fraction of sp³-hybridized carbons (Fsp3) is 0.167. The quantitative estimate of drug-likeness (QED) is 0.835. The summed E-state index contributed by atoms with van der Waals surface area (Å²) in [4.78, 5) is 14.3. The van der Waals surface area contributed by atoms with Crippen molar-refractivity contribution >= 4 is 34.7 Å². The molecule has 1 aromatic heterocycles. The van der Waals surface area contributed by atoms with Gasteiger partial charge in [0.15, 0.2) is 0 Å². The predicted molar refractivity (Wildman–Crippen MR) is 71.0 cm³/mol. The van der Waals surface area contributed by atoms with Crippen molar-refractivity contribution in [1.29, 1.82) is 0 Å². The number of aromatic nitrogens is 1. The van der Waals surface area contributed by atoms with Crippen LogP contribution in [0.4, 0.5) is 5.69 Å². The number of rotatable bonds is 2. The Labute approximate surface area is 109 Å². The molecule has 0 saturated carbocycles. The molecular formula is C12H11ClN2OS. The molecule has 0 bridgehead atoms. The highest BCUT2D eigenvalue weighted by Crippen LogP contribution is 2.26. The van der Waals surface area contributed by atoms with E-state index in [2.05, 4.69) is 4.37 Å². The van der Waals surface area contributed by atoms with Gasteiger partial charge in [-0.2, -0.15) is 4.37 Å². The van der Waals surface area contributed by atoms with Gasteiger partial charge in [-0.05, 0) is 36.7 Å². The van der Waals surface area contributed by atoms with Crippen LogP contribution < -0.4 is 4.90 Å². The highest BCUT2D eigenvalue weighted by Gasteiger charge is 2.17. The fourth-order valence-corrected chi connectivity index (χ4v) is 2.46. The molecule has 0 aliphatic carbocycles. The van der Waals surface area contributed by atoms with Crippen molar-refractivity contribution in [3.63, 3.8) is 0 Å². The van der Waals surface area contributed by atoms with Crippen LogP contribution >= 0.6 is 23.1 Å². The monoisotopic (exact) mass is 266 g/mol. The molecule has 3 nitrogen and oxygen atoms in total. The topological polar surface area (TPSA) is 33.2 Å². The summed E-state index contributed by atoms with van der Waals surface area (Å²) in [6.07, 6.45) is 0. The van der Waals surface area contributed by atoms with E-state index in [9.17, 15) is 4.79 Å². The van der Waals surface area contributed by atoms with E-state index in [0.717, 1.165) is 5.69 Å². The molecule has 2 aromatic rings. The average molecular weight is 267 g/mol. The number of amides is 1. The number of aryl methyl sites for hydroxylation is 1. The molecule has 1 heterocycles. The second-order valence-corrected chi connectivity index (χ2v) is 4.86. The van der Waals surface area contributed by atoms with E-state index in [4.69, 9.17) is 11.6 Å². The second kappa shape index (κ2) is 4.85. The smallest absolute Gasteiger partial charge is 0.269 e. The summed E-state index contributed by atoms with van der Waals surface area (Å²) in [7, 11) is 1.71. The first-order chi connectivity index (χ1) is 8.09. The summed E-state index contributed by atoms with van der Waals surface area (Å²) in [6.45, 7) is 1.86. The van der Waals surface area contributed by atoms with Crippen LogP contribution in [0.1, 0.15) is 15.4 Å². The first-order valence-electron chi connectivity index (χ1n) is 5.05. The third kappa shape index (κ3) is 2.48. The van der Waals surface area contributed by atoms with Crippen LogP contribution in [0.15, 0.2) is 30.3 Å². The van der Waals surface area contributed by atoms with Crippen molar-refractivity contribution in [2.75, 3.05) is 11.9 Å². The highest BCUT2D eigenvalue weighted by molar-refractivity contribution is 7.08. The van der Waals surface area contributed by atoms with Crippen LogP contribution in [0.2, 0.25) is 5.02 Å². The van der Waals surface area contributed by atoms with Gasteiger partial charge in [-0.15, -0.1) is 0 Å². The van der Waals surface area contributed by atoms with Crippen LogP contribution in [0.25, 0.3) is 0 Å². The van der Waals surface area contributed by atoms with Gasteiger partial charge in [0.25, 0.3) is 5.91 Å².